The number of aryl methyl sites for hydroxylation is 1. The van der Waals surface area contributed by atoms with E-state index in [-0.39, 0.29) is 12.4 Å². The first-order valence-electron chi connectivity index (χ1n) is 10.9. The third-order valence-corrected chi connectivity index (χ3v) is 7.18. The molecule has 0 aromatic heterocycles. The van der Waals surface area contributed by atoms with Gasteiger partial charge in [-0.3, -0.25) is 4.79 Å². The predicted octanol–water partition coefficient (Wildman–Crippen LogP) is 4.80. The van der Waals surface area contributed by atoms with Crippen LogP contribution in [0.2, 0.25) is 0 Å². The third-order valence-electron chi connectivity index (χ3n) is 5.49. The van der Waals surface area contributed by atoms with Gasteiger partial charge in [-0.25, -0.2) is 0 Å². The molecule has 0 radical (unpaired) electrons. The molecule has 5 nitrogen and oxygen atoms in total. The molecule has 0 amide bonds. The van der Waals surface area contributed by atoms with E-state index in [1.54, 1.807) is 6.92 Å². The number of hydrogen-bond acceptors (Lipinski definition) is 5. The van der Waals surface area contributed by atoms with Crippen LogP contribution in [0.15, 0.2) is 48.5 Å². The number of fused-ring (bicyclic) bond motifs is 1. The van der Waals surface area contributed by atoms with Crippen molar-refractivity contribution >= 4 is 17.3 Å². The summed E-state index contributed by atoms with van der Waals surface area (Å²) < 4.78 is 27.3. The number of esters is 1. The molecule has 0 heterocycles. The number of benzene rings is 2. The molecule has 2 atom stereocenters. The Balaban J connectivity index is 1.93. The molecule has 1 N–H and O–H groups in total. The van der Waals surface area contributed by atoms with Crippen LogP contribution in [-0.4, -0.2) is 21.9 Å². The number of rotatable bonds is 8. The first-order chi connectivity index (χ1) is 14.7. The Labute approximate surface area is 188 Å². The number of carbonyl (C=O) groups is 1. The molecule has 2 aromatic carbocycles. The summed E-state index contributed by atoms with van der Waals surface area (Å²) in [6, 6.07) is 16.0. The lowest BCUT2D eigenvalue weighted by molar-refractivity contribution is -0.145. The van der Waals surface area contributed by atoms with Crippen LogP contribution in [0, 0.1) is 0 Å². The van der Waals surface area contributed by atoms with Crippen molar-refractivity contribution in [1.82, 2.24) is 4.72 Å². The van der Waals surface area contributed by atoms with Gasteiger partial charge in [0, 0.05) is 11.4 Å². The van der Waals surface area contributed by atoms with Crippen molar-refractivity contribution in [3.63, 3.8) is 0 Å². The molecule has 6 heteroatoms. The average molecular weight is 444 g/mol. The van der Waals surface area contributed by atoms with Gasteiger partial charge in [0.1, 0.15) is 17.1 Å². The van der Waals surface area contributed by atoms with Crippen LogP contribution < -0.4 is 9.46 Å². The summed E-state index contributed by atoms with van der Waals surface area (Å²) in [5.74, 6) is 0.449. The molecule has 2 aromatic rings. The van der Waals surface area contributed by atoms with E-state index in [9.17, 15) is 9.35 Å². The highest BCUT2D eigenvalue weighted by Gasteiger charge is 2.45. The van der Waals surface area contributed by atoms with Crippen molar-refractivity contribution in [2.24, 2.45) is 0 Å². The summed E-state index contributed by atoms with van der Waals surface area (Å²) >= 11 is -1.34. The van der Waals surface area contributed by atoms with Gasteiger partial charge in [-0.1, -0.05) is 36.4 Å². The Kier molecular flexibility index (Phi) is 7.68. The lowest BCUT2D eigenvalue weighted by Crippen LogP contribution is -2.53. The second kappa shape index (κ2) is 10.1. The maximum absolute atomic E-state index is 13.1. The number of carbonyl (C=O) groups excluding carboxylic acids is 1. The molecule has 168 valence electrons. The number of nitrogens with one attached hydrogen (secondary N) is 1. The van der Waals surface area contributed by atoms with Crippen molar-refractivity contribution in [2.45, 2.75) is 70.3 Å². The molecule has 0 fully saturated rings. The molecule has 0 spiro atoms. The smallest absolute Gasteiger partial charge is 0.308 e. The number of ether oxygens (including phenoxy) is 2. The van der Waals surface area contributed by atoms with E-state index in [2.05, 4.69) is 10.8 Å². The van der Waals surface area contributed by atoms with Crippen molar-refractivity contribution in [1.29, 1.82) is 0 Å². The van der Waals surface area contributed by atoms with E-state index in [0.717, 1.165) is 35.3 Å². The molecular formula is C25H33NO4S. The molecule has 0 aliphatic heterocycles. The van der Waals surface area contributed by atoms with E-state index in [1.807, 2.05) is 63.2 Å². The molecule has 3 rings (SSSR count). The van der Waals surface area contributed by atoms with E-state index in [1.165, 1.54) is 0 Å². The van der Waals surface area contributed by atoms with Gasteiger partial charge in [0.15, 0.2) is 0 Å². The fraction of sp³-hybridized carbons (Fsp3) is 0.480. The van der Waals surface area contributed by atoms with Crippen molar-refractivity contribution in [3.05, 3.63) is 65.2 Å². The molecule has 31 heavy (non-hydrogen) atoms. The zero-order valence-electron chi connectivity index (χ0n) is 18.9. The van der Waals surface area contributed by atoms with Crippen molar-refractivity contribution in [3.8, 4) is 5.75 Å². The van der Waals surface area contributed by atoms with Gasteiger partial charge in [0.25, 0.3) is 0 Å². The second-order valence-corrected chi connectivity index (χ2v) is 11.0. The fourth-order valence-corrected chi connectivity index (χ4v) is 4.82. The number of hydrogen-bond donors (Lipinski definition) is 1. The predicted molar refractivity (Wildman–Crippen MR) is 124 cm³/mol. The minimum atomic E-state index is -1.34. The summed E-state index contributed by atoms with van der Waals surface area (Å²) in [5.41, 5.74) is 2.48. The summed E-state index contributed by atoms with van der Waals surface area (Å²) in [4.78, 5) is 12.6. The van der Waals surface area contributed by atoms with Gasteiger partial charge in [0.05, 0.1) is 18.6 Å². The Bertz CT molecular complexity index is 881. The lowest BCUT2D eigenvalue weighted by atomic mass is 9.75. The minimum Gasteiger partial charge on any atom is -0.598 e. The van der Waals surface area contributed by atoms with Crippen LogP contribution in [0.3, 0.4) is 0 Å². The quantitative estimate of drug-likeness (QED) is 0.469. The molecular weight excluding hydrogens is 410 g/mol. The summed E-state index contributed by atoms with van der Waals surface area (Å²) in [5, 5.41) is 0. The van der Waals surface area contributed by atoms with E-state index >= 15 is 0 Å². The van der Waals surface area contributed by atoms with Gasteiger partial charge in [-0.2, -0.15) is 0 Å². The summed E-state index contributed by atoms with van der Waals surface area (Å²) in [6.07, 6.45) is 2.67. The highest BCUT2D eigenvalue weighted by molar-refractivity contribution is 7.90. The van der Waals surface area contributed by atoms with E-state index < -0.39 is 21.6 Å². The second-order valence-electron chi connectivity index (χ2n) is 8.99. The van der Waals surface area contributed by atoms with Crippen LogP contribution in [0.4, 0.5) is 0 Å². The molecule has 1 aliphatic carbocycles. The van der Waals surface area contributed by atoms with Gasteiger partial charge >= 0.3 is 5.97 Å². The van der Waals surface area contributed by atoms with Crippen LogP contribution in [0.25, 0.3) is 0 Å². The highest BCUT2D eigenvalue weighted by Crippen LogP contribution is 2.41. The van der Waals surface area contributed by atoms with Crippen molar-refractivity contribution in [2.75, 3.05) is 6.61 Å². The highest BCUT2D eigenvalue weighted by atomic mass is 32.2. The summed E-state index contributed by atoms with van der Waals surface area (Å²) in [6.45, 7) is 8.37. The summed E-state index contributed by atoms with van der Waals surface area (Å²) in [7, 11) is 0. The van der Waals surface area contributed by atoms with E-state index in [0.29, 0.717) is 19.6 Å². The first-order valence-corrected chi connectivity index (χ1v) is 12.0. The standard InChI is InChI=1S/C25H33NO4S/c1-5-29-23(27)17-25(26-31(28)24(2,3)4)15-9-12-20-13-14-21(16-22(20)25)30-18-19-10-7-6-8-11-19/h6-8,10-11,13-14,16,26H,5,9,12,15,17-18H2,1-4H3/t25-,31-/m0/s1. The topological polar surface area (TPSA) is 70.6 Å². The SMILES string of the molecule is CCOC(=O)C[C@@]1(N[S@@+]([O-])C(C)(C)C)CCCc2ccc(OCc3ccccc3)cc21. The van der Waals surface area contributed by atoms with Crippen LogP contribution >= 0.6 is 0 Å². The monoisotopic (exact) mass is 443 g/mol. The normalized spacial score (nSPS) is 19.4. The molecule has 0 saturated carbocycles. The minimum absolute atomic E-state index is 0.137. The maximum Gasteiger partial charge on any atom is 0.308 e. The lowest BCUT2D eigenvalue weighted by Gasteiger charge is -2.41. The molecule has 1 aliphatic rings. The van der Waals surface area contributed by atoms with Gasteiger partial charge < -0.3 is 14.0 Å². The van der Waals surface area contributed by atoms with Crippen molar-refractivity contribution < 1.29 is 18.8 Å². The van der Waals surface area contributed by atoms with Crippen LogP contribution in [-0.2, 0) is 39.5 Å². The largest absolute Gasteiger partial charge is 0.598 e. The van der Waals surface area contributed by atoms with Crippen LogP contribution in [0.5, 0.6) is 5.75 Å². The fourth-order valence-electron chi connectivity index (χ4n) is 3.88. The van der Waals surface area contributed by atoms with Gasteiger partial charge in [-0.05, 0) is 75.8 Å². The van der Waals surface area contributed by atoms with Crippen LogP contribution in [0.1, 0.15) is 63.6 Å². The Morgan fingerprint density at radius 3 is 2.61 bits per heavy atom. The van der Waals surface area contributed by atoms with E-state index in [4.69, 9.17) is 9.47 Å². The average Bonchev–Trinajstić information content (AvgIpc) is 2.73. The molecule has 0 bridgehead atoms. The Morgan fingerprint density at radius 2 is 1.94 bits per heavy atom. The van der Waals surface area contributed by atoms with Gasteiger partial charge in [-0.15, -0.1) is 4.72 Å². The molecule has 0 unspecified atom stereocenters. The third kappa shape index (κ3) is 6.03. The maximum atomic E-state index is 13.1. The Morgan fingerprint density at radius 1 is 1.19 bits per heavy atom. The Hall–Kier alpha value is -2.02. The van der Waals surface area contributed by atoms with Gasteiger partial charge in [0.2, 0.25) is 0 Å². The molecule has 0 saturated heterocycles. The zero-order chi connectivity index (χ0) is 22.5. The zero-order valence-corrected chi connectivity index (χ0v) is 19.7. The first kappa shape index (κ1) is 23.6.